The van der Waals surface area contributed by atoms with Crippen molar-refractivity contribution in [1.29, 1.82) is 0 Å². The van der Waals surface area contributed by atoms with Gasteiger partial charge in [-0.25, -0.2) is 9.18 Å². The van der Waals surface area contributed by atoms with Crippen molar-refractivity contribution in [1.82, 2.24) is 15.5 Å². The van der Waals surface area contributed by atoms with Crippen LogP contribution in [0.15, 0.2) is 54.6 Å². The predicted molar refractivity (Wildman–Crippen MR) is 119 cm³/mol. The lowest BCUT2D eigenvalue weighted by atomic mass is 10.2. The molecule has 2 aliphatic heterocycles. The van der Waals surface area contributed by atoms with Crippen LogP contribution in [0.5, 0.6) is 0 Å². The lowest BCUT2D eigenvalue weighted by molar-refractivity contribution is -0.117. The smallest absolute Gasteiger partial charge is 0.315 e. The van der Waals surface area contributed by atoms with Gasteiger partial charge in [0.05, 0.1) is 6.04 Å². The molecule has 0 bridgehead atoms. The normalized spacial score (nSPS) is 19.5. The first-order valence-corrected chi connectivity index (χ1v) is 10.7. The van der Waals surface area contributed by atoms with Gasteiger partial charge in [0.25, 0.3) is 0 Å². The van der Waals surface area contributed by atoms with E-state index in [1.165, 1.54) is 22.7 Å². The van der Waals surface area contributed by atoms with Crippen LogP contribution in [0, 0.1) is 5.82 Å². The topological polar surface area (TPSA) is 67.9 Å². The van der Waals surface area contributed by atoms with Crippen LogP contribution >= 0.6 is 0 Å². The first-order valence-electron chi connectivity index (χ1n) is 10.7. The molecule has 2 saturated heterocycles. The molecule has 3 amide bonds. The molecule has 0 spiro atoms. The molecule has 164 valence electrons. The zero-order valence-electron chi connectivity index (χ0n) is 17.5. The Morgan fingerprint density at radius 1 is 1.00 bits per heavy atom. The molecule has 2 aromatic rings. The molecule has 0 unspecified atom stereocenters. The standard InChI is InChI=1S/C23H28FN5O2/c24-18-5-4-8-21(15-18)29-17-19(16-22(29)30)26-23(31)25-9-10-27-11-13-28(14-12-27)20-6-2-1-3-7-20/h1-8,15,19H,9-14,16-17H2,(H2,25,26,31)/t19-/m1/s1. The van der Waals surface area contributed by atoms with E-state index in [1.807, 2.05) is 6.07 Å². The Morgan fingerprint density at radius 2 is 1.74 bits per heavy atom. The van der Waals surface area contributed by atoms with Crippen LogP contribution in [-0.2, 0) is 4.79 Å². The molecule has 0 aromatic heterocycles. The third-order valence-electron chi connectivity index (χ3n) is 5.79. The number of carbonyl (C=O) groups excluding carboxylic acids is 2. The average molecular weight is 426 g/mol. The number of nitrogens with zero attached hydrogens (tertiary/aromatic N) is 3. The maximum Gasteiger partial charge on any atom is 0.315 e. The van der Waals surface area contributed by atoms with E-state index in [9.17, 15) is 14.0 Å². The number of nitrogens with one attached hydrogen (secondary N) is 2. The number of halogens is 1. The van der Waals surface area contributed by atoms with E-state index in [0.717, 1.165) is 32.7 Å². The lowest BCUT2D eigenvalue weighted by Gasteiger charge is -2.36. The monoisotopic (exact) mass is 425 g/mol. The number of anilines is 2. The Morgan fingerprint density at radius 3 is 2.48 bits per heavy atom. The van der Waals surface area contributed by atoms with Crippen molar-refractivity contribution in [3.05, 3.63) is 60.4 Å². The van der Waals surface area contributed by atoms with E-state index in [0.29, 0.717) is 18.8 Å². The van der Waals surface area contributed by atoms with Crippen LogP contribution in [0.25, 0.3) is 0 Å². The molecule has 0 saturated carbocycles. The second-order valence-electron chi connectivity index (χ2n) is 7.95. The Labute approximate surface area is 181 Å². The number of amides is 3. The molecule has 8 heteroatoms. The van der Waals surface area contributed by atoms with Gasteiger partial charge in [-0.2, -0.15) is 0 Å². The number of urea groups is 1. The second kappa shape index (κ2) is 9.78. The van der Waals surface area contributed by atoms with Crippen LogP contribution in [0.1, 0.15) is 6.42 Å². The van der Waals surface area contributed by atoms with Gasteiger partial charge in [-0.15, -0.1) is 0 Å². The van der Waals surface area contributed by atoms with Crippen molar-refractivity contribution in [3.63, 3.8) is 0 Å². The van der Waals surface area contributed by atoms with Gasteiger partial charge < -0.3 is 20.4 Å². The quantitative estimate of drug-likeness (QED) is 0.744. The summed E-state index contributed by atoms with van der Waals surface area (Å²) >= 11 is 0. The van der Waals surface area contributed by atoms with Gasteiger partial charge in [0, 0.05) is 63.6 Å². The Kier molecular flexibility index (Phi) is 6.66. The maximum absolute atomic E-state index is 13.4. The molecule has 0 aliphatic carbocycles. The average Bonchev–Trinajstić information content (AvgIpc) is 3.14. The fourth-order valence-electron chi connectivity index (χ4n) is 4.13. The first kappa shape index (κ1) is 21.1. The Hall–Kier alpha value is -3.13. The van der Waals surface area contributed by atoms with Gasteiger partial charge in [0.2, 0.25) is 5.91 Å². The highest BCUT2D eigenvalue weighted by atomic mass is 19.1. The SMILES string of the molecule is O=C(NCCN1CCN(c2ccccc2)CC1)N[C@@H]1CC(=O)N(c2cccc(F)c2)C1. The summed E-state index contributed by atoms with van der Waals surface area (Å²) in [6.45, 7) is 5.53. The molecule has 2 fully saturated rings. The van der Waals surface area contributed by atoms with Crippen LogP contribution in [0.2, 0.25) is 0 Å². The summed E-state index contributed by atoms with van der Waals surface area (Å²) in [5.74, 6) is -0.503. The number of rotatable bonds is 6. The zero-order chi connectivity index (χ0) is 21.6. The molecule has 2 aliphatic rings. The number of piperazine rings is 1. The minimum Gasteiger partial charge on any atom is -0.369 e. The molecule has 1 atom stereocenters. The lowest BCUT2D eigenvalue weighted by Crippen LogP contribution is -2.50. The van der Waals surface area contributed by atoms with Crippen molar-refractivity contribution in [2.75, 3.05) is 55.6 Å². The van der Waals surface area contributed by atoms with Gasteiger partial charge in [0.1, 0.15) is 5.82 Å². The Balaban J connectivity index is 1.16. The number of hydrogen-bond donors (Lipinski definition) is 2. The highest BCUT2D eigenvalue weighted by Gasteiger charge is 2.31. The first-order chi connectivity index (χ1) is 15.1. The van der Waals surface area contributed by atoms with Crippen LogP contribution in [0.4, 0.5) is 20.6 Å². The van der Waals surface area contributed by atoms with Crippen molar-refractivity contribution in [3.8, 4) is 0 Å². The molecule has 0 radical (unpaired) electrons. The number of hydrogen-bond acceptors (Lipinski definition) is 4. The fraction of sp³-hybridized carbons (Fsp3) is 0.391. The van der Waals surface area contributed by atoms with E-state index in [1.54, 1.807) is 12.1 Å². The molecule has 2 aromatic carbocycles. The van der Waals surface area contributed by atoms with Gasteiger partial charge in [-0.05, 0) is 30.3 Å². The molecule has 7 nitrogen and oxygen atoms in total. The van der Waals surface area contributed by atoms with Crippen LogP contribution < -0.4 is 20.4 Å². The van der Waals surface area contributed by atoms with E-state index in [4.69, 9.17) is 0 Å². The summed E-state index contributed by atoms with van der Waals surface area (Å²) in [4.78, 5) is 30.7. The Bertz CT molecular complexity index is 902. The molecule has 4 rings (SSSR count). The van der Waals surface area contributed by atoms with Crippen molar-refractivity contribution in [2.45, 2.75) is 12.5 Å². The molecule has 2 N–H and O–H groups in total. The molecular formula is C23H28FN5O2. The van der Waals surface area contributed by atoms with E-state index in [-0.39, 0.29) is 30.2 Å². The minimum absolute atomic E-state index is 0.118. The summed E-state index contributed by atoms with van der Waals surface area (Å²) in [7, 11) is 0. The van der Waals surface area contributed by atoms with E-state index >= 15 is 0 Å². The van der Waals surface area contributed by atoms with Gasteiger partial charge in [0.15, 0.2) is 0 Å². The summed E-state index contributed by atoms with van der Waals surface area (Å²) < 4.78 is 13.4. The second-order valence-corrected chi connectivity index (χ2v) is 7.95. The fourth-order valence-corrected chi connectivity index (χ4v) is 4.13. The highest BCUT2D eigenvalue weighted by molar-refractivity contribution is 5.96. The summed E-state index contributed by atoms with van der Waals surface area (Å²) in [6.07, 6.45) is 0.214. The summed E-state index contributed by atoms with van der Waals surface area (Å²) in [6, 6.07) is 15.8. The summed E-state index contributed by atoms with van der Waals surface area (Å²) in [5.41, 5.74) is 1.77. The van der Waals surface area contributed by atoms with Gasteiger partial charge >= 0.3 is 6.03 Å². The molecule has 31 heavy (non-hydrogen) atoms. The van der Waals surface area contributed by atoms with E-state index < -0.39 is 0 Å². The highest BCUT2D eigenvalue weighted by Crippen LogP contribution is 2.22. The third-order valence-corrected chi connectivity index (χ3v) is 5.79. The molecule has 2 heterocycles. The van der Waals surface area contributed by atoms with Crippen LogP contribution in [0.3, 0.4) is 0 Å². The minimum atomic E-state index is -0.385. The third kappa shape index (κ3) is 5.52. The summed E-state index contributed by atoms with van der Waals surface area (Å²) in [5, 5.41) is 5.74. The number of carbonyl (C=O) groups is 2. The van der Waals surface area contributed by atoms with Crippen molar-refractivity contribution in [2.24, 2.45) is 0 Å². The van der Waals surface area contributed by atoms with Crippen molar-refractivity contribution >= 4 is 23.3 Å². The predicted octanol–water partition coefficient (Wildman–Crippen LogP) is 2.05. The maximum atomic E-state index is 13.4. The van der Waals surface area contributed by atoms with Crippen molar-refractivity contribution < 1.29 is 14.0 Å². The van der Waals surface area contributed by atoms with E-state index in [2.05, 4.69) is 44.7 Å². The number of benzene rings is 2. The van der Waals surface area contributed by atoms with Gasteiger partial charge in [-0.3, -0.25) is 9.69 Å². The number of para-hydroxylation sites is 1. The zero-order valence-corrected chi connectivity index (χ0v) is 17.5. The van der Waals surface area contributed by atoms with Crippen LogP contribution in [-0.4, -0.2) is 68.7 Å². The largest absolute Gasteiger partial charge is 0.369 e. The molecular weight excluding hydrogens is 397 g/mol. The van der Waals surface area contributed by atoms with Gasteiger partial charge in [-0.1, -0.05) is 24.3 Å².